The standard InChI is InChI=1S/C16H33N/c1-12(2)16(13(3)4)11-17-15-8-6-7-14(5)9-10-15/h12-17H,6-11H2,1-5H3. The summed E-state index contributed by atoms with van der Waals surface area (Å²) in [6.07, 6.45) is 7.08. The van der Waals surface area contributed by atoms with E-state index in [4.69, 9.17) is 0 Å². The molecule has 0 aromatic heterocycles. The normalized spacial score (nSPS) is 26.8. The summed E-state index contributed by atoms with van der Waals surface area (Å²) in [5.41, 5.74) is 0. The van der Waals surface area contributed by atoms with Gasteiger partial charge < -0.3 is 5.32 Å². The molecule has 1 fully saturated rings. The van der Waals surface area contributed by atoms with Gasteiger partial charge in [0, 0.05) is 6.04 Å². The largest absolute Gasteiger partial charge is 0.314 e. The molecule has 0 aromatic carbocycles. The van der Waals surface area contributed by atoms with Gasteiger partial charge in [0.15, 0.2) is 0 Å². The maximum Gasteiger partial charge on any atom is 0.00672 e. The Kier molecular flexibility index (Phi) is 6.54. The van der Waals surface area contributed by atoms with Gasteiger partial charge in [-0.15, -0.1) is 0 Å². The van der Waals surface area contributed by atoms with E-state index in [1.807, 2.05) is 0 Å². The van der Waals surface area contributed by atoms with E-state index in [9.17, 15) is 0 Å². The Morgan fingerprint density at radius 1 is 0.941 bits per heavy atom. The molecule has 0 aromatic rings. The molecule has 1 nitrogen and oxygen atoms in total. The first-order valence-electron chi connectivity index (χ1n) is 7.74. The Morgan fingerprint density at radius 3 is 2.18 bits per heavy atom. The average molecular weight is 239 g/mol. The first-order chi connectivity index (χ1) is 8.00. The predicted octanol–water partition coefficient (Wildman–Crippen LogP) is 4.47. The minimum atomic E-state index is 0.792. The highest BCUT2D eigenvalue weighted by Gasteiger charge is 2.20. The van der Waals surface area contributed by atoms with Crippen molar-refractivity contribution in [3.05, 3.63) is 0 Å². The summed E-state index contributed by atoms with van der Waals surface area (Å²) < 4.78 is 0. The van der Waals surface area contributed by atoms with Gasteiger partial charge in [-0.1, -0.05) is 47.5 Å². The van der Waals surface area contributed by atoms with Crippen molar-refractivity contribution in [2.45, 2.75) is 72.8 Å². The van der Waals surface area contributed by atoms with Crippen LogP contribution in [-0.4, -0.2) is 12.6 Å². The molecule has 1 saturated carbocycles. The third-order valence-corrected chi connectivity index (χ3v) is 4.61. The van der Waals surface area contributed by atoms with Gasteiger partial charge in [0.05, 0.1) is 0 Å². The molecule has 0 heterocycles. The van der Waals surface area contributed by atoms with Crippen LogP contribution in [0.2, 0.25) is 0 Å². The molecule has 1 N–H and O–H groups in total. The number of hydrogen-bond donors (Lipinski definition) is 1. The Bertz CT molecular complexity index is 190. The highest BCUT2D eigenvalue weighted by atomic mass is 14.9. The summed E-state index contributed by atoms with van der Waals surface area (Å²) >= 11 is 0. The van der Waals surface area contributed by atoms with Crippen molar-refractivity contribution >= 4 is 0 Å². The molecule has 17 heavy (non-hydrogen) atoms. The molecule has 1 aliphatic carbocycles. The molecule has 2 atom stereocenters. The zero-order chi connectivity index (χ0) is 12.8. The zero-order valence-electron chi connectivity index (χ0n) is 12.6. The zero-order valence-corrected chi connectivity index (χ0v) is 12.6. The van der Waals surface area contributed by atoms with Crippen molar-refractivity contribution in [3.8, 4) is 0 Å². The number of hydrogen-bond acceptors (Lipinski definition) is 1. The lowest BCUT2D eigenvalue weighted by atomic mass is 9.85. The lowest BCUT2D eigenvalue weighted by Gasteiger charge is -2.28. The van der Waals surface area contributed by atoms with Crippen LogP contribution < -0.4 is 5.32 Å². The molecule has 0 spiro atoms. The number of rotatable bonds is 5. The quantitative estimate of drug-likeness (QED) is 0.698. The summed E-state index contributed by atoms with van der Waals surface area (Å²) in [4.78, 5) is 0. The van der Waals surface area contributed by atoms with E-state index in [-0.39, 0.29) is 0 Å². The predicted molar refractivity (Wildman–Crippen MR) is 77.2 cm³/mol. The molecule has 1 aliphatic rings. The molecular formula is C16H33N. The van der Waals surface area contributed by atoms with E-state index in [2.05, 4.69) is 39.9 Å². The summed E-state index contributed by atoms with van der Waals surface area (Å²) in [6.45, 7) is 13.1. The summed E-state index contributed by atoms with van der Waals surface area (Å²) in [7, 11) is 0. The summed E-state index contributed by atoms with van der Waals surface area (Å²) in [6, 6.07) is 0.792. The maximum absolute atomic E-state index is 3.84. The van der Waals surface area contributed by atoms with Crippen LogP contribution in [0, 0.1) is 23.7 Å². The Hall–Kier alpha value is -0.0400. The van der Waals surface area contributed by atoms with Gasteiger partial charge in [-0.2, -0.15) is 0 Å². The maximum atomic E-state index is 3.84. The van der Waals surface area contributed by atoms with Gasteiger partial charge in [-0.25, -0.2) is 0 Å². The SMILES string of the molecule is CC1CCCC(NCC(C(C)C)C(C)C)CC1. The lowest BCUT2D eigenvalue weighted by Crippen LogP contribution is -2.36. The molecule has 0 amide bonds. The molecular weight excluding hydrogens is 206 g/mol. The number of nitrogens with one attached hydrogen (secondary N) is 1. The van der Waals surface area contributed by atoms with Gasteiger partial charge in [-0.05, 0) is 49.5 Å². The van der Waals surface area contributed by atoms with Crippen LogP contribution in [0.3, 0.4) is 0 Å². The fraction of sp³-hybridized carbons (Fsp3) is 1.00. The topological polar surface area (TPSA) is 12.0 Å². The molecule has 0 saturated heterocycles. The van der Waals surface area contributed by atoms with E-state index >= 15 is 0 Å². The summed E-state index contributed by atoms with van der Waals surface area (Å²) in [5, 5.41) is 3.84. The van der Waals surface area contributed by atoms with E-state index in [0.29, 0.717) is 0 Å². The van der Waals surface area contributed by atoms with Crippen molar-refractivity contribution in [2.24, 2.45) is 23.7 Å². The third kappa shape index (κ3) is 5.42. The van der Waals surface area contributed by atoms with Gasteiger partial charge in [-0.3, -0.25) is 0 Å². The molecule has 0 bridgehead atoms. The van der Waals surface area contributed by atoms with Crippen LogP contribution in [0.4, 0.5) is 0 Å². The molecule has 0 radical (unpaired) electrons. The van der Waals surface area contributed by atoms with Crippen molar-refractivity contribution in [1.82, 2.24) is 5.32 Å². The second-order valence-electron chi connectivity index (χ2n) is 6.87. The first-order valence-corrected chi connectivity index (χ1v) is 7.74. The van der Waals surface area contributed by atoms with Gasteiger partial charge >= 0.3 is 0 Å². The third-order valence-electron chi connectivity index (χ3n) is 4.61. The molecule has 0 aliphatic heterocycles. The highest BCUT2D eigenvalue weighted by Crippen LogP contribution is 2.24. The van der Waals surface area contributed by atoms with E-state index in [0.717, 1.165) is 29.7 Å². The van der Waals surface area contributed by atoms with Crippen molar-refractivity contribution in [2.75, 3.05) is 6.54 Å². The van der Waals surface area contributed by atoms with Gasteiger partial charge in [0.25, 0.3) is 0 Å². The summed E-state index contributed by atoms with van der Waals surface area (Å²) in [5.74, 6) is 3.38. The Labute approximate surface area is 109 Å². The van der Waals surface area contributed by atoms with Crippen LogP contribution >= 0.6 is 0 Å². The minimum Gasteiger partial charge on any atom is -0.314 e. The fourth-order valence-electron chi connectivity index (χ4n) is 3.24. The highest BCUT2D eigenvalue weighted by molar-refractivity contribution is 4.76. The monoisotopic (exact) mass is 239 g/mol. The Balaban J connectivity index is 2.33. The van der Waals surface area contributed by atoms with Crippen molar-refractivity contribution in [1.29, 1.82) is 0 Å². The minimum absolute atomic E-state index is 0.792. The van der Waals surface area contributed by atoms with Crippen molar-refractivity contribution < 1.29 is 0 Å². The second-order valence-corrected chi connectivity index (χ2v) is 6.87. The fourth-order valence-corrected chi connectivity index (χ4v) is 3.24. The first kappa shape index (κ1) is 15.0. The Morgan fingerprint density at radius 2 is 1.59 bits per heavy atom. The van der Waals surface area contributed by atoms with E-state index in [1.54, 1.807) is 0 Å². The second kappa shape index (κ2) is 7.41. The van der Waals surface area contributed by atoms with Gasteiger partial charge in [0.2, 0.25) is 0 Å². The van der Waals surface area contributed by atoms with Crippen molar-refractivity contribution in [3.63, 3.8) is 0 Å². The lowest BCUT2D eigenvalue weighted by molar-refractivity contribution is 0.260. The van der Waals surface area contributed by atoms with Crippen LogP contribution in [0.15, 0.2) is 0 Å². The molecule has 2 unspecified atom stereocenters. The average Bonchev–Trinajstić information content (AvgIpc) is 2.43. The van der Waals surface area contributed by atoms with Crippen LogP contribution in [0.5, 0.6) is 0 Å². The molecule has 1 rings (SSSR count). The van der Waals surface area contributed by atoms with Gasteiger partial charge in [0.1, 0.15) is 0 Å². The van der Waals surface area contributed by atoms with Crippen LogP contribution in [0.1, 0.15) is 66.7 Å². The molecule has 1 heteroatoms. The van der Waals surface area contributed by atoms with E-state index in [1.165, 1.54) is 38.6 Å². The van der Waals surface area contributed by atoms with Crippen LogP contribution in [0.25, 0.3) is 0 Å². The van der Waals surface area contributed by atoms with Crippen LogP contribution in [-0.2, 0) is 0 Å². The molecule has 102 valence electrons. The smallest absolute Gasteiger partial charge is 0.00672 e. The van der Waals surface area contributed by atoms with E-state index < -0.39 is 0 Å².